The third-order valence-electron chi connectivity index (χ3n) is 3.70. The fraction of sp³-hybridized carbons (Fsp3) is 0.214. The summed E-state index contributed by atoms with van der Waals surface area (Å²) in [5.41, 5.74) is 0.0640. The van der Waals surface area contributed by atoms with Crippen molar-refractivity contribution >= 4 is 23.4 Å². The molecule has 1 aromatic carbocycles. The van der Waals surface area contributed by atoms with E-state index in [0.717, 1.165) is 4.57 Å². The number of amides is 2. The van der Waals surface area contributed by atoms with E-state index < -0.39 is 23.3 Å². The van der Waals surface area contributed by atoms with Gasteiger partial charge in [0.25, 0.3) is 5.56 Å². The molecule has 0 radical (unpaired) electrons. The molecule has 3 rings (SSSR count). The zero-order valence-electron chi connectivity index (χ0n) is 11.9. The van der Waals surface area contributed by atoms with Crippen molar-refractivity contribution in [1.82, 2.24) is 14.5 Å². The first-order valence-corrected chi connectivity index (χ1v) is 6.91. The molecule has 2 aromatic rings. The number of hydrogen-bond acceptors (Lipinski definition) is 3. The van der Waals surface area contributed by atoms with Crippen LogP contribution in [0.1, 0.15) is 17.2 Å². The Morgan fingerprint density at radius 3 is 2.32 bits per heavy atom. The molecule has 0 unspecified atom stereocenters. The summed E-state index contributed by atoms with van der Waals surface area (Å²) in [6.07, 6.45) is 0. The fourth-order valence-electron chi connectivity index (χ4n) is 2.53. The van der Waals surface area contributed by atoms with Gasteiger partial charge in [0.05, 0.1) is 11.6 Å². The number of aromatic nitrogens is 2. The summed E-state index contributed by atoms with van der Waals surface area (Å²) in [5, 5.41) is 5.78. The van der Waals surface area contributed by atoms with Gasteiger partial charge in [-0.3, -0.25) is 19.2 Å². The number of halogens is 1. The molecule has 8 heteroatoms. The van der Waals surface area contributed by atoms with Crippen molar-refractivity contribution in [2.45, 2.75) is 6.04 Å². The maximum atomic E-state index is 12.5. The van der Waals surface area contributed by atoms with Crippen molar-refractivity contribution in [2.75, 3.05) is 5.32 Å². The van der Waals surface area contributed by atoms with Gasteiger partial charge >= 0.3 is 11.7 Å². The average Bonchev–Trinajstić information content (AvgIpc) is 2.50. The molecule has 22 heavy (non-hydrogen) atoms. The monoisotopic (exact) mass is 320 g/mol. The number of anilines is 1. The third kappa shape index (κ3) is 2.10. The second-order valence-corrected chi connectivity index (χ2v) is 5.49. The van der Waals surface area contributed by atoms with Crippen LogP contribution in [0.25, 0.3) is 0 Å². The zero-order chi connectivity index (χ0) is 16.0. The SMILES string of the molecule is Cn1c2c(c(=O)n(C)c1=O)[C@H](c1ccc(Cl)cc1)NC(=O)N2. The molecule has 7 nitrogen and oxygen atoms in total. The lowest BCUT2D eigenvalue weighted by atomic mass is 9.98. The van der Waals surface area contributed by atoms with E-state index in [4.69, 9.17) is 11.6 Å². The van der Waals surface area contributed by atoms with E-state index in [0.29, 0.717) is 16.1 Å². The number of carbonyl (C=O) groups excluding carboxylic acids is 1. The minimum atomic E-state index is -0.647. The summed E-state index contributed by atoms with van der Waals surface area (Å²) >= 11 is 5.87. The highest BCUT2D eigenvalue weighted by Crippen LogP contribution is 2.28. The van der Waals surface area contributed by atoms with Crippen LogP contribution in [0.3, 0.4) is 0 Å². The van der Waals surface area contributed by atoms with Crippen molar-refractivity contribution in [3.05, 3.63) is 61.3 Å². The van der Waals surface area contributed by atoms with Crippen molar-refractivity contribution in [1.29, 1.82) is 0 Å². The number of carbonyl (C=O) groups is 1. The van der Waals surface area contributed by atoms with Crippen LogP contribution in [0, 0.1) is 0 Å². The van der Waals surface area contributed by atoms with Gasteiger partial charge in [-0.25, -0.2) is 9.59 Å². The summed E-state index contributed by atoms with van der Waals surface area (Å²) in [6, 6.07) is 5.69. The number of benzene rings is 1. The number of rotatable bonds is 1. The summed E-state index contributed by atoms with van der Waals surface area (Å²) < 4.78 is 2.26. The van der Waals surface area contributed by atoms with E-state index >= 15 is 0 Å². The van der Waals surface area contributed by atoms with Gasteiger partial charge in [0.1, 0.15) is 5.82 Å². The molecule has 0 fully saturated rings. The molecule has 2 heterocycles. The standard InChI is InChI=1S/C14H13ClN4O3/c1-18-11-9(12(20)19(2)14(18)22)10(16-13(21)17-11)7-3-5-8(15)6-4-7/h3-6,10H,1-2H3,(H2,16,17,21)/t10-/m0/s1. The Hall–Kier alpha value is -2.54. The van der Waals surface area contributed by atoms with Crippen LogP contribution in [0.4, 0.5) is 10.6 Å². The summed E-state index contributed by atoms with van der Waals surface area (Å²) in [6.45, 7) is 0. The van der Waals surface area contributed by atoms with Crippen LogP contribution in [-0.2, 0) is 14.1 Å². The second kappa shape index (κ2) is 5.03. The maximum Gasteiger partial charge on any atom is 0.332 e. The Morgan fingerprint density at radius 2 is 1.68 bits per heavy atom. The number of nitrogens with one attached hydrogen (secondary N) is 2. The van der Waals surface area contributed by atoms with Gasteiger partial charge in [0.15, 0.2) is 0 Å². The minimum absolute atomic E-state index is 0.205. The normalized spacial score (nSPS) is 16.7. The maximum absolute atomic E-state index is 12.5. The highest BCUT2D eigenvalue weighted by atomic mass is 35.5. The molecule has 1 atom stereocenters. The Bertz CT molecular complexity index is 883. The summed E-state index contributed by atoms with van der Waals surface area (Å²) in [4.78, 5) is 36.3. The topological polar surface area (TPSA) is 85.1 Å². The van der Waals surface area contributed by atoms with Gasteiger partial charge in [-0.2, -0.15) is 0 Å². The number of urea groups is 1. The molecule has 0 aliphatic carbocycles. The van der Waals surface area contributed by atoms with Crippen LogP contribution < -0.4 is 21.9 Å². The lowest BCUT2D eigenvalue weighted by molar-refractivity contribution is 0.248. The molecule has 114 valence electrons. The second-order valence-electron chi connectivity index (χ2n) is 5.05. The lowest BCUT2D eigenvalue weighted by Crippen LogP contribution is -2.49. The van der Waals surface area contributed by atoms with Crippen LogP contribution in [0.5, 0.6) is 0 Å². The molecular weight excluding hydrogens is 308 g/mol. The number of fused-ring (bicyclic) bond motifs is 1. The number of hydrogen-bond donors (Lipinski definition) is 2. The Balaban J connectivity index is 2.30. The Kier molecular flexibility index (Phi) is 3.29. The van der Waals surface area contributed by atoms with Gasteiger partial charge in [-0.1, -0.05) is 23.7 Å². The van der Waals surface area contributed by atoms with Crippen molar-refractivity contribution in [3.63, 3.8) is 0 Å². The van der Waals surface area contributed by atoms with Gasteiger partial charge in [0.2, 0.25) is 0 Å². The molecule has 1 aliphatic rings. The molecular formula is C14H13ClN4O3. The minimum Gasteiger partial charge on any atom is -0.327 e. The van der Waals surface area contributed by atoms with E-state index in [1.54, 1.807) is 24.3 Å². The van der Waals surface area contributed by atoms with E-state index in [9.17, 15) is 14.4 Å². The smallest absolute Gasteiger partial charge is 0.327 e. The first-order chi connectivity index (χ1) is 10.4. The first kappa shape index (κ1) is 14.4. The van der Waals surface area contributed by atoms with E-state index in [1.807, 2.05) is 0 Å². The molecule has 2 amide bonds. The zero-order valence-corrected chi connectivity index (χ0v) is 12.6. The molecule has 1 aliphatic heterocycles. The lowest BCUT2D eigenvalue weighted by Gasteiger charge is -2.28. The van der Waals surface area contributed by atoms with Crippen molar-refractivity contribution < 1.29 is 4.79 Å². The van der Waals surface area contributed by atoms with Crippen LogP contribution in [0.15, 0.2) is 33.9 Å². The average molecular weight is 321 g/mol. The predicted octanol–water partition coefficient (Wildman–Crippen LogP) is 0.962. The van der Waals surface area contributed by atoms with Gasteiger partial charge in [0, 0.05) is 19.1 Å². The number of nitrogens with zero attached hydrogens (tertiary/aromatic N) is 2. The summed E-state index contributed by atoms with van der Waals surface area (Å²) in [5.74, 6) is 0.205. The molecule has 2 N–H and O–H groups in total. The molecule has 0 bridgehead atoms. The van der Waals surface area contributed by atoms with Crippen molar-refractivity contribution in [3.8, 4) is 0 Å². The molecule has 0 saturated carbocycles. The van der Waals surface area contributed by atoms with Crippen LogP contribution >= 0.6 is 11.6 Å². The third-order valence-corrected chi connectivity index (χ3v) is 3.95. The molecule has 0 spiro atoms. The van der Waals surface area contributed by atoms with Crippen molar-refractivity contribution in [2.24, 2.45) is 14.1 Å². The van der Waals surface area contributed by atoms with Crippen LogP contribution in [-0.4, -0.2) is 15.2 Å². The quantitative estimate of drug-likeness (QED) is 0.820. The fourth-order valence-corrected chi connectivity index (χ4v) is 2.66. The van der Waals surface area contributed by atoms with Gasteiger partial charge < -0.3 is 5.32 Å². The summed E-state index contributed by atoms with van der Waals surface area (Å²) in [7, 11) is 2.91. The Labute approximate surface area is 130 Å². The molecule has 1 aromatic heterocycles. The van der Waals surface area contributed by atoms with Gasteiger partial charge in [-0.05, 0) is 17.7 Å². The van der Waals surface area contributed by atoms with E-state index in [1.165, 1.54) is 18.7 Å². The predicted molar refractivity (Wildman–Crippen MR) is 82.4 cm³/mol. The van der Waals surface area contributed by atoms with E-state index in [-0.39, 0.29) is 5.82 Å². The molecule has 0 saturated heterocycles. The Morgan fingerprint density at radius 1 is 1.05 bits per heavy atom. The van der Waals surface area contributed by atoms with Crippen LogP contribution in [0.2, 0.25) is 5.02 Å². The van der Waals surface area contributed by atoms with E-state index in [2.05, 4.69) is 10.6 Å². The highest BCUT2D eigenvalue weighted by Gasteiger charge is 2.31. The first-order valence-electron chi connectivity index (χ1n) is 6.53. The largest absolute Gasteiger partial charge is 0.332 e. The van der Waals surface area contributed by atoms with Gasteiger partial charge in [-0.15, -0.1) is 0 Å². The highest BCUT2D eigenvalue weighted by molar-refractivity contribution is 6.30.